The number of carbonyl (C=O) groups excluding carboxylic acids is 1. The van der Waals surface area contributed by atoms with E-state index in [1.165, 1.54) is 0 Å². The Morgan fingerprint density at radius 1 is 1.36 bits per heavy atom. The van der Waals surface area contributed by atoms with Crippen LogP contribution >= 0.6 is 11.6 Å². The van der Waals surface area contributed by atoms with Crippen molar-refractivity contribution in [3.63, 3.8) is 0 Å². The number of rotatable bonds is 4. The van der Waals surface area contributed by atoms with Crippen LogP contribution in [0.1, 0.15) is 18.4 Å². The molecule has 2 nitrogen and oxygen atoms in total. The van der Waals surface area contributed by atoms with Crippen molar-refractivity contribution < 1.29 is 4.79 Å². The van der Waals surface area contributed by atoms with Crippen molar-refractivity contribution in [1.29, 1.82) is 0 Å². The van der Waals surface area contributed by atoms with Gasteiger partial charge < -0.3 is 4.90 Å². The molecule has 74 valence electrons. The Balaban J connectivity index is 2.01. The SMILES string of the molecule is O=CN(Cc1ccc(Cl)cc1)C1CC1. The number of carbonyl (C=O) groups is 1. The Morgan fingerprint density at radius 2 is 2.00 bits per heavy atom. The van der Waals surface area contributed by atoms with E-state index >= 15 is 0 Å². The maximum Gasteiger partial charge on any atom is 0.210 e. The van der Waals surface area contributed by atoms with E-state index in [0.29, 0.717) is 12.6 Å². The molecule has 1 aromatic carbocycles. The van der Waals surface area contributed by atoms with Gasteiger partial charge in [0.15, 0.2) is 0 Å². The molecule has 14 heavy (non-hydrogen) atoms. The molecule has 0 bridgehead atoms. The summed E-state index contributed by atoms with van der Waals surface area (Å²) in [5, 5.41) is 0.734. The Labute approximate surface area is 88.5 Å². The quantitative estimate of drug-likeness (QED) is 0.698. The van der Waals surface area contributed by atoms with Crippen molar-refractivity contribution in [3.8, 4) is 0 Å². The molecular formula is C11H12ClNO. The molecule has 0 spiro atoms. The number of hydrogen-bond donors (Lipinski definition) is 0. The summed E-state index contributed by atoms with van der Waals surface area (Å²) >= 11 is 5.77. The van der Waals surface area contributed by atoms with Gasteiger partial charge in [-0.15, -0.1) is 0 Å². The third-order valence-electron chi connectivity index (χ3n) is 2.43. The maximum absolute atomic E-state index is 10.8. The predicted octanol–water partition coefficient (Wildman–Crippen LogP) is 2.46. The van der Waals surface area contributed by atoms with Crippen LogP contribution in [0.3, 0.4) is 0 Å². The van der Waals surface area contributed by atoms with Crippen LogP contribution in [0.5, 0.6) is 0 Å². The second-order valence-electron chi connectivity index (χ2n) is 3.64. The van der Waals surface area contributed by atoms with Crippen molar-refractivity contribution in [2.24, 2.45) is 0 Å². The topological polar surface area (TPSA) is 20.3 Å². The summed E-state index contributed by atoms with van der Waals surface area (Å²) in [5.41, 5.74) is 1.13. The number of hydrogen-bond acceptors (Lipinski definition) is 1. The molecule has 0 atom stereocenters. The van der Waals surface area contributed by atoms with Crippen molar-refractivity contribution in [3.05, 3.63) is 34.9 Å². The monoisotopic (exact) mass is 209 g/mol. The molecule has 3 heteroatoms. The third-order valence-corrected chi connectivity index (χ3v) is 2.68. The molecule has 0 unspecified atom stereocenters. The van der Waals surface area contributed by atoms with Crippen LogP contribution in [0, 0.1) is 0 Å². The summed E-state index contributed by atoms with van der Waals surface area (Å²) in [5.74, 6) is 0. The molecule has 1 aromatic rings. The molecule has 0 saturated heterocycles. The smallest absolute Gasteiger partial charge is 0.210 e. The first-order chi connectivity index (χ1) is 6.79. The zero-order valence-electron chi connectivity index (χ0n) is 7.82. The molecule has 0 radical (unpaired) electrons. The molecule has 1 aliphatic carbocycles. The summed E-state index contributed by atoms with van der Waals surface area (Å²) in [4.78, 5) is 12.6. The molecule has 1 saturated carbocycles. The highest BCUT2D eigenvalue weighted by atomic mass is 35.5. The average molecular weight is 210 g/mol. The normalized spacial score (nSPS) is 15.2. The van der Waals surface area contributed by atoms with Gasteiger partial charge in [0.2, 0.25) is 6.41 Å². The van der Waals surface area contributed by atoms with Gasteiger partial charge in [-0.05, 0) is 30.5 Å². The highest BCUT2D eigenvalue weighted by molar-refractivity contribution is 6.30. The van der Waals surface area contributed by atoms with E-state index in [2.05, 4.69) is 0 Å². The number of amides is 1. The lowest BCUT2D eigenvalue weighted by atomic mass is 10.2. The van der Waals surface area contributed by atoms with Gasteiger partial charge in [0.05, 0.1) is 0 Å². The van der Waals surface area contributed by atoms with Crippen LogP contribution in [-0.4, -0.2) is 17.4 Å². The largest absolute Gasteiger partial charge is 0.338 e. The van der Waals surface area contributed by atoms with Gasteiger partial charge in [-0.1, -0.05) is 23.7 Å². The van der Waals surface area contributed by atoms with Crippen molar-refractivity contribution >= 4 is 18.0 Å². The molecule has 0 aliphatic heterocycles. The van der Waals surface area contributed by atoms with Crippen molar-refractivity contribution in [2.45, 2.75) is 25.4 Å². The lowest BCUT2D eigenvalue weighted by molar-refractivity contribution is -0.119. The van der Waals surface area contributed by atoms with Crippen LogP contribution in [0.25, 0.3) is 0 Å². The van der Waals surface area contributed by atoms with Crippen molar-refractivity contribution in [2.75, 3.05) is 0 Å². The van der Waals surface area contributed by atoms with Gasteiger partial charge in [-0.3, -0.25) is 4.79 Å². The lowest BCUT2D eigenvalue weighted by Gasteiger charge is -2.16. The van der Waals surface area contributed by atoms with Crippen molar-refractivity contribution in [1.82, 2.24) is 4.90 Å². The zero-order chi connectivity index (χ0) is 9.97. The highest BCUT2D eigenvalue weighted by Crippen LogP contribution is 2.27. The second-order valence-corrected chi connectivity index (χ2v) is 4.07. The van der Waals surface area contributed by atoms with E-state index in [1.807, 2.05) is 29.2 Å². The minimum absolute atomic E-state index is 0.475. The van der Waals surface area contributed by atoms with E-state index in [1.54, 1.807) is 0 Å². The zero-order valence-corrected chi connectivity index (χ0v) is 8.57. The molecule has 1 amide bonds. The summed E-state index contributed by atoms with van der Waals surface area (Å²) in [6, 6.07) is 8.10. The number of nitrogens with zero attached hydrogens (tertiary/aromatic N) is 1. The van der Waals surface area contributed by atoms with Crippen LogP contribution in [0.4, 0.5) is 0 Å². The van der Waals surface area contributed by atoms with E-state index in [9.17, 15) is 4.79 Å². The molecule has 2 rings (SSSR count). The van der Waals surface area contributed by atoms with E-state index in [4.69, 9.17) is 11.6 Å². The highest BCUT2D eigenvalue weighted by Gasteiger charge is 2.27. The van der Waals surface area contributed by atoms with Crippen LogP contribution in [0.15, 0.2) is 24.3 Å². The van der Waals surface area contributed by atoms with E-state index < -0.39 is 0 Å². The minimum Gasteiger partial charge on any atom is -0.338 e. The average Bonchev–Trinajstić information content (AvgIpc) is 3.01. The molecular weight excluding hydrogens is 198 g/mol. The second kappa shape index (κ2) is 4.01. The lowest BCUT2D eigenvalue weighted by Crippen LogP contribution is -2.23. The predicted molar refractivity (Wildman–Crippen MR) is 56.1 cm³/mol. The minimum atomic E-state index is 0.475. The van der Waals surface area contributed by atoms with Gasteiger partial charge >= 0.3 is 0 Å². The Hall–Kier alpha value is -1.02. The summed E-state index contributed by atoms with van der Waals surface area (Å²) in [7, 11) is 0. The van der Waals surface area contributed by atoms with E-state index in [0.717, 1.165) is 29.8 Å². The van der Waals surface area contributed by atoms with Gasteiger partial charge in [-0.2, -0.15) is 0 Å². The fourth-order valence-corrected chi connectivity index (χ4v) is 1.59. The van der Waals surface area contributed by atoms with Gasteiger partial charge in [0, 0.05) is 17.6 Å². The first kappa shape index (κ1) is 9.53. The van der Waals surface area contributed by atoms with Crippen LogP contribution < -0.4 is 0 Å². The summed E-state index contributed by atoms with van der Waals surface area (Å²) in [6.45, 7) is 0.700. The maximum atomic E-state index is 10.8. The van der Waals surface area contributed by atoms with Gasteiger partial charge in [0.1, 0.15) is 0 Å². The van der Waals surface area contributed by atoms with Crippen LogP contribution in [-0.2, 0) is 11.3 Å². The van der Waals surface area contributed by atoms with Gasteiger partial charge in [0.25, 0.3) is 0 Å². The summed E-state index contributed by atoms with van der Waals surface area (Å²) in [6.07, 6.45) is 3.23. The summed E-state index contributed by atoms with van der Waals surface area (Å²) < 4.78 is 0. The molecule has 1 fully saturated rings. The molecule has 0 N–H and O–H groups in total. The Kier molecular flexibility index (Phi) is 2.73. The molecule has 0 heterocycles. The standard InChI is InChI=1S/C11H12ClNO/c12-10-3-1-9(2-4-10)7-13(8-14)11-5-6-11/h1-4,8,11H,5-7H2. The third kappa shape index (κ3) is 2.26. The number of halogens is 1. The fraction of sp³-hybridized carbons (Fsp3) is 0.364. The first-order valence-corrected chi connectivity index (χ1v) is 5.13. The fourth-order valence-electron chi connectivity index (χ4n) is 1.46. The molecule has 1 aliphatic rings. The first-order valence-electron chi connectivity index (χ1n) is 4.75. The Bertz CT molecular complexity index is 319. The Morgan fingerprint density at radius 3 is 2.50 bits per heavy atom. The molecule has 0 aromatic heterocycles. The van der Waals surface area contributed by atoms with Crippen LogP contribution in [0.2, 0.25) is 5.02 Å². The van der Waals surface area contributed by atoms with E-state index in [-0.39, 0.29) is 0 Å². The number of benzene rings is 1. The van der Waals surface area contributed by atoms with Gasteiger partial charge in [-0.25, -0.2) is 0 Å².